The van der Waals surface area contributed by atoms with Crippen molar-refractivity contribution in [3.05, 3.63) is 58.1 Å². The fourth-order valence-corrected chi connectivity index (χ4v) is 3.97. The number of anilines is 1. The van der Waals surface area contributed by atoms with E-state index in [9.17, 15) is 4.79 Å². The molecular formula is C21H24Cl2N2O2. The number of hydrogen-bond donors (Lipinski definition) is 0. The summed E-state index contributed by atoms with van der Waals surface area (Å²) < 4.78 is 5.18. The number of hydrogen-bond acceptors (Lipinski definition) is 3. The van der Waals surface area contributed by atoms with E-state index in [1.165, 1.54) is 0 Å². The van der Waals surface area contributed by atoms with Gasteiger partial charge in [-0.15, -0.1) is 0 Å². The highest BCUT2D eigenvalue weighted by atomic mass is 35.5. The minimum Gasteiger partial charge on any atom is -0.497 e. The Labute approximate surface area is 170 Å². The van der Waals surface area contributed by atoms with E-state index in [2.05, 4.69) is 4.90 Å². The van der Waals surface area contributed by atoms with Gasteiger partial charge in [0, 0.05) is 35.9 Å². The highest BCUT2D eigenvalue weighted by molar-refractivity contribution is 6.35. The number of halogens is 2. The van der Waals surface area contributed by atoms with Crippen molar-refractivity contribution in [3.63, 3.8) is 0 Å². The van der Waals surface area contributed by atoms with E-state index < -0.39 is 0 Å². The Bertz CT molecular complexity index is 795. The largest absolute Gasteiger partial charge is 0.497 e. The van der Waals surface area contributed by atoms with Gasteiger partial charge in [-0.3, -0.25) is 9.69 Å². The lowest BCUT2D eigenvalue weighted by atomic mass is 9.96. The van der Waals surface area contributed by atoms with Crippen molar-refractivity contribution in [2.75, 3.05) is 32.1 Å². The normalized spacial score (nSPS) is 17.6. The predicted octanol–water partition coefficient (Wildman–Crippen LogP) is 4.88. The molecule has 1 heterocycles. The van der Waals surface area contributed by atoms with Crippen LogP contribution in [0.4, 0.5) is 5.69 Å². The second-order valence-electron chi connectivity index (χ2n) is 6.91. The average Bonchev–Trinajstić information content (AvgIpc) is 2.69. The molecule has 0 aromatic heterocycles. The lowest BCUT2D eigenvalue weighted by Crippen LogP contribution is -2.43. The molecule has 0 bridgehead atoms. The summed E-state index contributed by atoms with van der Waals surface area (Å²) in [4.78, 5) is 17.0. The molecule has 0 saturated carbocycles. The van der Waals surface area contributed by atoms with E-state index in [1.807, 2.05) is 43.4 Å². The number of amides is 1. The second kappa shape index (κ2) is 8.96. The van der Waals surface area contributed by atoms with Gasteiger partial charge < -0.3 is 9.64 Å². The maximum atomic E-state index is 13.0. The molecule has 144 valence electrons. The molecule has 3 rings (SSSR count). The Morgan fingerprint density at radius 1 is 1.22 bits per heavy atom. The zero-order chi connectivity index (χ0) is 19.4. The molecule has 1 amide bonds. The number of likely N-dealkylation sites (tertiary alicyclic amines) is 1. The maximum absolute atomic E-state index is 13.0. The molecule has 0 N–H and O–H groups in total. The molecule has 1 atom stereocenters. The van der Waals surface area contributed by atoms with Crippen molar-refractivity contribution in [2.45, 2.75) is 19.4 Å². The summed E-state index contributed by atoms with van der Waals surface area (Å²) in [5.41, 5.74) is 1.91. The van der Waals surface area contributed by atoms with E-state index in [0.717, 1.165) is 49.5 Å². The number of ether oxygens (including phenoxy) is 1. The van der Waals surface area contributed by atoms with Crippen molar-refractivity contribution >= 4 is 34.8 Å². The van der Waals surface area contributed by atoms with Crippen molar-refractivity contribution in [1.82, 2.24) is 4.90 Å². The molecule has 0 unspecified atom stereocenters. The van der Waals surface area contributed by atoms with Crippen LogP contribution in [0.25, 0.3) is 0 Å². The van der Waals surface area contributed by atoms with Crippen LogP contribution in [0.3, 0.4) is 0 Å². The highest BCUT2D eigenvalue weighted by Crippen LogP contribution is 2.27. The summed E-state index contributed by atoms with van der Waals surface area (Å²) in [5, 5.41) is 1.31. The van der Waals surface area contributed by atoms with E-state index >= 15 is 0 Å². The Morgan fingerprint density at radius 3 is 2.63 bits per heavy atom. The molecular weight excluding hydrogens is 383 g/mol. The molecule has 1 aliphatic rings. The van der Waals surface area contributed by atoms with Gasteiger partial charge in [0.25, 0.3) is 0 Å². The monoisotopic (exact) mass is 406 g/mol. The minimum absolute atomic E-state index is 0.0167. The van der Waals surface area contributed by atoms with E-state index in [4.69, 9.17) is 27.9 Å². The van der Waals surface area contributed by atoms with Crippen LogP contribution in [0.1, 0.15) is 18.4 Å². The van der Waals surface area contributed by atoms with Crippen LogP contribution in [0.15, 0.2) is 42.5 Å². The predicted molar refractivity (Wildman–Crippen MR) is 111 cm³/mol. The van der Waals surface area contributed by atoms with Crippen LogP contribution in [-0.4, -0.2) is 38.1 Å². The molecule has 6 heteroatoms. The van der Waals surface area contributed by atoms with Gasteiger partial charge >= 0.3 is 0 Å². The van der Waals surface area contributed by atoms with E-state index in [0.29, 0.717) is 10.0 Å². The van der Waals surface area contributed by atoms with Gasteiger partial charge in [0.1, 0.15) is 5.75 Å². The van der Waals surface area contributed by atoms with Crippen LogP contribution in [0.5, 0.6) is 5.75 Å². The summed E-state index contributed by atoms with van der Waals surface area (Å²) in [7, 11) is 3.46. The Morgan fingerprint density at radius 2 is 1.96 bits per heavy atom. The van der Waals surface area contributed by atoms with Gasteiger partial charge in [-0.2, -0.15) is 0 Å². The number of carbonyl (C=O) groups excluding carboxylic acids is 1. The average molecular weight is 407 g/mol. The fourth-order valence-electron chi connectivity index (χ4n) is 3.50. The first-order valence-corrected chi connectivity index (χ1v) is 9.81. The number of benzene rings is 2. The van der Waals surface area contributed by atoms with E-state index in [-0.39, 0.29) is 11.8 Å². The molecule has 1 aliphatic heterocycles. The Balaban J connectivity index is 1.64. The standard InChI is InChI=1S/C21H24Cl2N2O2/c1-24(18-7-9-19(27-2)10-8-18)21(26)16-4-3-11-25(14-16)13-15-5-6-17(22)12-20(15)23/h5-10,12,16H,3-4,11,13-14H2,1-2H3/t16-/m0/s1. The van der Waals surface area contributed by atoms with Gasteiger partial charge in [0.2, 0.25) is 5.91 Å². The molecule has 0 aliphatic carbocycles. The first-order valence-electron chi connectivity index (χ1n) is 9.06. The van der Waals surface area contributed by atoms with Crippen LogP contribution in [-0.2, 0) is 11.3 Å². The lowest BCUT2D eigenvalue weighted by Gasteiger charge is -2.34. The molecule has 0 radical (unpaired) electrons. The number of rotatable bonds is 5. The highest BCUT2D eigenvalue weighted by Gasteiger charge is 2.28. The van der Waals surface area contributed by atoms with Crippen molar-refractivity contribution in [3.8, 4) is 5.75 Å². The third kappa shape index (κ3) is 4.95. The molecule has 0 spiro atoms. The number of nitrogens with zero attached hydrogens (tertiary/aromatic N) is 2. The first-order chi connectivity index (χ1) is 13.0. The van der Waals surface area contributed by atoms with Gasteiger partial charge in [-0.1, -0.05) is 29.3 Å². The smallest absolute Gasteiger partial charge is 0.231 e. The summed E-state index contributed by atoms with van der Waals surface area (Å²) in [6.45, 7) is 2.43. The van der Waals surface area contributed by atoms with Crippen molar-refractivity contribution in [1.29, 1.82) is 0 Å². The maximum Gasteiger partial charge on any atom is 0.231 e. The molecule has 2 aromatic carbocycles. The summed E-state index contributed by atoms with van der Waals surface area (Å²) >= 11 is 12.3. The van der Waals surface area contributed by atoms with Crippen LogP contribution >= 0.6 is 23.2 Å². The van der Waals surface area contributed by atoms with Gasteiger partial charge in [0.05, 0.1) is 13.0 Å². The Kier molecular flexibility index (Phi) is 6.64. The van der Waals surface area contributed by atoms with Gasteiger partial charge in [-0.05, 0) is 61.3 Å². The first kappa shape index (κ1) is 20.0. The number of piperidine rings is 1. The molecule has 2 aromatic rings. The van der Waals surface area contributed by atoms with Crippen LogP contribution < -0.4 is 9.64 Å². The zero-order valence-electron chi connectivity index (χ0n) is 15.6. The third-order valence-electron chi connectivity index (χ3n) is 5.05. The van der Waals surface area contributed by atoms with Gasteiger partial charge in [0.15, 0.2) is 0 Å². The SMILES string of the molecule is COc1ccc(N(C)C(=O)[C@H]2CCCN(Cc3ccc(Cl)cc3Cl)C2)cc1. The summed E-state index contributed by atoms with van der Waals surface area (Å²) in [5.74, 6) is 0.910. The topological polar surface area (TPSA) is 32.8 Å². The third-order valence-corrected chi connectivity index (χ3v) is 5.64. The van der Waals surface area contributed by atoms with Gasteiger partial charge in [-0.25, -0.2) is 0 Å². The molecule has 1 saturated heterocycles. The molecule has 27 heavy (non-hydrogen) atoms. The summed E-state index contributed by atoms with van der Waals surface area (Å²) in [6, 6.07) is 13.1. The number of methoxy groups -OCH3 is 1. The second-order valence-corrected chi connectivity index (χ2v) is 7.75. The van der Waals surface area contributed by atoms with Crippen molar-refractivity contribution < 1.29 is 9.53 Å². The molecule has 4 nitrogen and oxygen atoms in total. The van der Waals surface area contributed by atoms with Crippen molar-refractivity contribution in [2.24, 2.45) is 5.92 Å². The van der Waals surface area contributed by atoms with Crippen LogP contribution in [0.2, 0.25) is 10.0 Å². The Hall–Kier alpha value is -1.75. The summed E-state index contributed by atoms with van der Waals surface area (Å²) in [6.07, 6.45) is 1.91. The fraction of sp³-hybridized carbons (Fsp3) is 0.381. The van der Waals surface area contributed by atoms with Crippen LogP contribution in [0, 0.1) is 5.92 Å². The zero-order valence-corrected chi connectivity index (χ0v) is 17.1. The molecule has 1 fully saturated rings. The number of carbonyl (C=O) groups is 1. The quantitative estimate of drug-likeness (QED) is 0.709. The minimum atomic E-state index is -0.0167. The van der Waals surface area contributed by atoms with E-state index in [1.54, 1.807) is 18.1 Å². The lowest BCUT2D eigenvalue weighted by molar-refractivity contribution is -0.123.